The zero-order chi connectivity index (χ0) is 8.60. The van der Waals surface area contributed by atoms with Gasteiger partial charge < -0.3 is 11.1 Å². The zero-order valence-corrected chi connectivity index (χ0v) is 7.31. The number of carbonyl (C=O) groups excluding carboxylic acids is 1. The van der Waals surface area contributed by atoms with Crippen molar-refractivity contribution < 1.29 is 4.79 Å². The third kappa shape index (κ3) is 1.22. The predicted molar refractivity (Wildman–Crippen MR) is 46.5 cm³/mol. The van der Waals surface area contributed by atoms with Gasteiger partial charge in [0.2, 0.25) is 5.91 Å². The average molecular weight is 168 g/mol. The first-order valence-electron chi connectivity index (χ1n) is 4.72. The van der Waals surface area contributed by atoms with Crippen LogP contribution in [0, 0.1) is 11.3 Å². The number of nitrogens with one attached hydrogen (secondary N) is 1. The van der Waals surface area contributed by atoms with Gasteiger partial charge in [-0.25, -0.2) is 0 Å². The molecule has 1 unspecified atom stereocenters. The molecule has 3 heteroatoms. The summed E-state index contributed by atoms with van der Waals surface area (Å²) in [5.74, 6) is -0.0486. The maximum atomic E-state index is 11.0. The second-order valence-electron chi connectivity index (χ2n) is 4.29. The number of piperidine rings is 1. The van der Waals surface area contributed by atoms with Gasteiger partial charge in [0, 0.05) is 13.1 Å². The Kier molecular flexibility index (Phi) is 1.83. The highest BCUT2D eigenvalue weighted by molar-refractivity contribution is 5.77. The standard InChI is InChI=1S/C9H16N2O/c10-8(12)7-4-9(2-1-3-9)6-11-5-7/h7,11H,1-6H2,(H2,10,12). The lowest BCUT2D eigenvalue weighted by molar-refractivity contribution is -0.124. The second kappa shape index (κ2) is 2.73. The number of rotatable bonds is 1. The van der Waals surface area contributed by atoms with E-state index in [-0.39, 0.29) is 11.8 Å². The maximum Gasteiger partial charge on any atom is 0.221 e. The van der Waals surface area contributed by atoms with Gasteiger partial charge in [0.15, 0.2) is 0 Å². The van der Waals surface area contributed by atoms with E-state index in [1.807, 2.05) is 0 Å². The lowest BCUT2D eigenvalue weighted by Gasteiger charge is -2.47. The third-order valence-corrected chi connectivity index (χ3v) is 3.39. The molecule has 1 atom stereocenters. The monoisotopic (exact) mass is 168 g/mol. The van der Waals surface area contributed by atoms with Crippen LogP contribution in [0.25, 0.3) is 0 Å². The van der Waals surface area contributed by atoms with E-state index in [0.29, 0.717) is 5.41 Å². The highest BCUT2D eigenvalue weighted by Crippen LogP contribution is 2.46. The molecule has 0 bridgehead atoms. The molecule has 1 saturated heterocycles. The molecule has 0 radical (unpaired) electrons. The van der Waals surface area contributed by atoms with Crippen molar-refractivity contribution in [2.75, 3.05) is 13.1 Å². The van der Waals surface area contributed by atoms with Gasteiger partial charge in [-0.05, 0) is 24.7 Å². The van der Waals surface area contributed by atoms with Crippen LogP contribution in [0.3, 0.4) is 0 Å². The van der Waals surface area contributed by atoms with Crippen molar-refractivity contribution in [1.82, 2.24) is 5.32 Å². The topological polar surface area (TPSA) is 55.1 Å². The summed E-state index contributed by atoms with van der Waals surface area (Å²) >= 11 is 0. The van der Waals surface area contributed by atoms with Crippen LogP contribution in [0.1, 0.15) is 25.7 Å². The van der Waals surface area contributed by atoms with Crippen LogP contribution < -0.4 is 11.1 Å². The van der Waals surface area contributed by atoms with Gasteiger partial charge in [0.05, 0.1) is 5.92 Å². The summed E-state index contributed by atoms with van der Waals surface area (Å²) < 4.78 is 0. The quantitative estimate of drug-likeness (QED) is 0.589. The van der Waals surface area contributed by atoms with Crippen molar-refractivity contribution in [1.29, 1.82) is 0 Å². The maximum absolute atomic E-state index is 11.0. The van der Waals surface area contributed by atoms with Crippen LogP contribution in [0.15, 0.2) is 0 Å². The normalized spacial score (nSPS) is 32.8. The summed E-state index contributed by atoms with van der Waals surface area (Å²) in [7, 11) is 0. The summed E-state index contributed by atoms with van der Waals surface area (Å²) in [6, 6.07) is 0. The molecule has 3 nitrogen and oxygen atoms in total. The molecule has 2 fully saturated rings. The zero-order valence-electron chi connectivity index (χ0n) is 7.31. The van der Waals surface area contributed by atoms with Crippen LogP contribution in [0.4, 0.5) is 0 Å². The van der Waals surface area contributed by atoms with E-state index in [9.17, 15) is 4.79 Å². The van der Waals surface area contributed by atoms with E-state index >= 15 is 0 Å². The first kappa shape index (κ1) is 8.05. The molecule has 0 aromatic heterocycles. The minimum atomic E-state index is -0.131. The molecule has 0 aromatic carbocycles. The molecule has 1 spiro atoms. The molecule has 3 N–H and O–H groups in total. The molecule has 2 aliphatic rings. The van der Waals surface area contributed by atoms with E-state index < -0.39 is 0 Å². The minimum Gasteiger partial charge on any atom is -0.369 e. The Bertz CT molecular complexity index is 199. The lowest BCUT2D eigenvalue weighted by atomic mass is 9.62. The van der Waals surface area contributed by atoms with E-state index in [1.54, 1.807) is 0 Å². The van der Waals surface area contributed by atoms with E-state index in [0.717, 1.165) is 19.5 Å². The largest absolute Gasteiger partial charge is 0.369 e. The van der Waals surface area contributed by atoms with Gasteiger partial charge in [-0.3, -0.25) is 4.79 Å². The van der Waals surface area contributed by atoms with E-state index in [4.69, 9.17) is 5.73 Å². The molecule has 1 aliphatic heterocycles. The first-order valence-corrected chi connectivity index (χ1v) is 4.72. The van der Waals surface area contributed by atoms with E-state index in [1.165, 1.54) is 19.3 Å². The Morgan fingerprint density at radius 1 is 1.50 bits per heavy atom. The SMILES string of the molecule is NC(=O)C1CNCC2(CCC2)C1. The Morgan fingerprint density at radius 2 is 2.25 bits per heavy atom. The van der Waals surface area contributed by atoms with Gasteiger partial charge in [-0.15, -0.1) is 0 Å². The minimum absolute atomic E-state index is 0.0825. The van der Waals surface area contributed by atoms with Gasteiger partial charge in [0.25, 0.3) is 0 Å². The third-order valence-electron chi connectivity index (χ3n) is 3.39. The van der Waals surface area contributed by atoms with Crippen LogP contribution in [-0.2, 0) is 4.79 Å². The van der Waals surface area contributed by atoms with E-state index in [2.05, 4.69) is 5.32 Å². The fourth-order valence-electron chi connectivity index (χ4n) is 2.44. The molecule has 12 heavy (non-hydrogen) atoms. The Morgan fingerprint density at radius 3 is 2.75 bits per heavy atom. The van der Waals surface area contributed by atoms with Crippen LogP contribution in [0.2, 0.25) is 0 Å². The van der Waals surface area contributed by atoms with Crippen LogP contribution >= 0.6 is 0 Å². The van der Waals surface area contributed by atoms with Gasteiger partial charge in [-0.2, -0.15) is 0 Å². The lowest BCUT2D eigenvalue weighted by Crippen LogP contribution is -2.51. The summed E-state index contributed by atoms with van der Waals surface area (Å²) in [5.41, 5.74) is 5.73. The molecular formula is C9H16N2O. The van der Waals surface area contributed by atoms with Crippen molar-refractivity contribution in [3.8, 4) is 0 Å². The van der Waals surface area contributed by atoms with Crippen LogP contribution in [-0.4, -0.2) is 19.0 Å². The first-order chi connectivity index (χ1) is 5.72. The molecule has 2 rings (SSSR count). The molecule has 1 amide bonds. The summed E-state index contributed by atoms with van der Waals surface area (Å²) in [6.45, 7) is 1.88. The smallest absolute Gasteiger partial charge is 0.221 e. The molecule has 1 saturated carbocycles. The molecule has 0 aromatic rings. The highest BCUT2D eigenvalue weighted by atomic mass is 16.1. The number of primary amides is 1. The Labute approximate surface area is 72.7 Å². The summed E-state index contributed by atoms with van der Waals surface area (Å²) in [6.07, 6.45) is 4.91. The van der Waals surface area contributed by atoms with Crippen molar-refractivity contribution in [3.63, 3.8) is 0 Å². The van der Waals surface area contributed by atoms with Crippen molar-refractivity contribution in [3.05, 3.63) is 0 Å². The molecule has 1 aliphatic carbocycles. The van der Waals surface area contributed by atoms with Crippen molar-refractivity contribution in [2.45, 2.75) is 25.7 Å². The Hall–Kier alpha value is -0.570. The van der Waals surface area contributed by atoms with Crippen molar-refractivity contribution in [2.24, 2.45) is 17.1 Å². The predicted octanol–water partition coefficient (Wildman–Crippen LogP) is 0.251. The summed E-state index contributed by atoms with van der Waals surface area (Å²) in [5, 5.41) is 3.31. The van der Waals surface area contributed by atoms with Crippen molar-refractivity contribution >= 4 is 5.91 Å². The summed E-state index contributed by atoms with van der Waals surface area (Å²) in [4.78, 5) is 11.0. The number of carbonyl (C=O) groups is 1. The van der Waals surface area contributed by atoms with Gasteiger partial charge >= 0.3 is 0 Å². The van der Waals surface area contributed by atoms with Gasteiger partial charge in [0.1, 0.15) is 0 Å². The van der Waals surface area contributed by atoms with Gasteiger partial charge in [-0.1, -0.05) is 6.42 Å². The highest BCUT2D eigenvalue weighted by Gasteiger charge is 2.42. The second-order valence-corrected chi connectivity index (χ2v) is 4.29. The Balaban J connectivity index is 1.98. The number of nitrogens with two attached hydrogens (primary N) is 1. The number of hydrogen-bond acceptors (Lipinski definition) is 2. The number of amides is 1. The molecule has 68 valence electrons. The molecular weight excluding hydrogens is 152 g/mol. The fraction of sp³-hybridized carbons (Fsp3) is 0.889. The van der Waals surface area contributed by atoms with Crippen LogP contribution in [0.5, 0.6) is 0 Å². The average Bonchev–Trinajstić information content (AvgIpc) is 2.02. The number of hydrogen-bond donors (Lipinski definition) is 2. The molecule has 1 heterocycles. The fourth-order valence-corrected chi connectivity index (χ4v) is 2.44.